The van der Waals surface area contributed by atoms with Gasteiger partial charge < -0.3 is 9.88 Å². The van der Waals surface area contributed by atoms with Crippen LogP contribution in [0.3, 0.4) is 0 Å². The number of hydrogen-bond acceptors (Lipinski definition) is 5. The van der Waals surface area contributed by atoms with Crippen LogP contribution in [0.25, 0.3) is 0 Å². The molecule has 2 fully saturated rings. The largest absolute Gasteiger partial charge is 0.335 e. The molecule has 2 aliphatic rings. The fourth-order valence-electron chi connectivity index (χ4n) is 2.34. The number of thioether (sulfide) groups is 1. The molecule has 7 nitrogen and oxygen atoms in total. The van der Waals surface area contributed by atoms with E-state index >= 15 is 0 Å². The fraction of sp³-hybridized carbons (Fsp3) is 0.733. The Kier molecular flexibility index (Phi) is 4.89. The lowest BCUT2D eigenvalue weighted by Crippen LogP contribution is -2.43. The van der Waals surface area contributed by atoms with Gasteiger partial charge in [-0.3, -0.25) is 10.1 Å². The molecule has 3 amide bonds. The average molecular weight is 337 g/mol. The highest BCUT2D eigenvalue weighted by Gasteiger charge is 2.36. The Morgan fingerprint density at radius 3 is 2.65 bits per heavy atom. The van der Waals surface area contributed by atoms with Crippen LogP contribution in [0.2, 0.25) is 0 Å². The monoisotopic (exact) mass is 337 g/mol. The number of amides is 3. The van der Waals surface area contributed by atoms with Crippen LogP contribution in [0.15, 0.2) is 5.16 Å². The van der Waals surface area contributed by atoms with Gasteiger partial charge in [-0.1, -0.05) is 18.7 Å². The van der Waals surface area contributed by atoms with Crippen molar-refractivity contribution >= 4 is 23.7 Å². The maximum absolute atomic E-state index is 11.9. The second-order valence-electron chi connectivity index (χ2n) is 6.34. The fourth-order valence-corrected chi connectivity index (χ4v) is 3.15. The molecule has 1 aromatic rings. The first-order valence-corrected chi connectivity index (χ1v) is 9.25. The van der Waals surface area contributed by atoms with Crippen LogP contribution in [-0.4, -0.2) is 38.5 Å². The Hall–Kier alpha value is -1.57. The van der Waals surface area contributed by atoms with Crippen molar-refractivity contribution in [3.05, 3.63) is 5.82 Å². The Morgan fingerprint density at radius 1 is 1.30 bits per heavy atom. The van der Waals surface area contributed by atoms with Crippen LogP contribution in [0.5, 0.6) is 0 Å². The van der Waals surface area contributed by atoms with Gasteiger partial charge in [0.2, 0.25) is 5.91 Å². The van der Waals surface area contributed by atoms with Gasteiger partial charge in [0, 0.05) is 18.0 Å². The van der Waals surface area contributed by atoms with Crippen LogP contribution < -0.4 is 10.6 Å². The minimum absolute atomic E-state index is 0.0505. The molecule has 0 aromatic carbocycles. The second-order valence-corrected chi connectivity index (χ2v) is 7.28. The number of carbonyl (C=O) groups excluding carboxylic acids is 2. The first-order valence-electron chi connectivity index (χ1n) is 8.26. The van der Waals surface area contributed by atoms with Crippen LogP contribution in [0, 0.1) is 0 Å². The highest BCUT2D eigenvalue weighted by atomic mass is 32.2. The summed E-state index contributed by atoms with van der Waals surface area (Å²) < 4.78 is 2.20. The summed E-state index contributed by atoms with van der Waals surface area (Å²) in [6.07, 6.45) is 5.52. The van der Waals surface area contributed by atoms with Crippen molar-refractivity contribution in [1.29, 1.82) is 0 Å². The van der Waals surface area contributed by atoms with E-state index in [-0.39, 0.29) is 17.7 Å². The molecule has 2 aliphatic carbocycles. The summed E-state index contributed by atoms with van der Waals surface area (Å²) in [6.45, 7) is 3.88. The minimum Gasteiger partial charge on any atom is -0.335 e. The van der Waals surface area contributed by atoms with Crippen molar-refractivity contribution < 1.29 is 9.59 Å². The van der Waals surface area contributed by atoms with Gasteiger partial charge in [0.1, 0.15) is 5.82 Å². The summed E-state index contributed by atoms with van der Waals surface area (Å²) in [5, 5.41) is 14.4. The van der Waals surface area contributed by atoms with Crippen LogP contribution >= 0.6 is 11.8 Å². The molecule has 126 valence electrons. The first kappa shape index (κ1) is 16.3. The van der Waals surface area contributed by atoms with Crippen molar-refractivity contribution in [2.45, 2.75) is 69.1 Å². The summed E-state index contributed by atoms with van der Waals surface area (Å²) in [6, 6.07) is 0.113. The van der Waals surface area contributed by atoms with Crippen molar-refractivity contribution in [2.24, 2.45) is 0 Å². The molecule has 0 spiro atoms. The predicted molar refractivity (Wildman–Crippen MR) is 87.4 cm³/mol. The van der Waals surface area contributed by atoms with Crippen molar-refractivity contribution in [1.82, 2.24) is 25.4 Å². The zero-order valence-corrected chi connectivity index (χ0v) is 14.4. The third-order valence-corrected chi connectivity index (χ3v) is 5.06. The first-order chi connectivity index (χ1) is 11.1. The van der Waals surface area contributed by atoms with Gasteiger partial charge in [0.05, 0.1) is 5.75 Å². The molecule has 1 atom stereocenters. The third-order valence-electron chi connectivity index (χ3n) is 4.12. The molecular formula is C15H23N5O2S. The second kappa shape index (κ2) is 6.90. The van der Waals surface area contributed by atoms with Gasteiger partial charge in [-0.2, -0.15) is 0 Å². The van der Waals surface area contributed by atoms with E-state index in [1.54, 1.807) is 0 Å². The molecule has 23 heavy (non-hydrogen) atoms. The molecule has 0 saturated heterocycles. The highest BCUT2D eigenvalue weighted by Crippen LogP contribution is 2.45. The van der Waals surface area contributed by atoms with Gasteiger partial charge in [-0.05, 0) is 39.0 Å². The van der Waals surface area contributed by atoms with E-state index in [2.05, 4.69) is 25.4 Å². The lowest BCUT2D eigenvalue weighted by atomic mass is 10.3. The van der Waals surface area contributed by atoms with E-state index in [9.17, 15) is 9.59 Å². The molecule has 0 radical (unpaired) electrons. The highest BCUT2D eigenvalue weighted by molar-refractivity contribution is 7.99. The molecule has 0 bridgehead atoms. The van der Waals surface area contributed by atoms with Gasteiger partial charge in [-0.25, -0.2) is 4.79 Å². The van der Waals surface area contributed by atoms with Crippen LogP contribution in [-0.2, 0) is 4.79 Å². The van der Waals surface area contributed by atoms with E-state index < -0.39 is 6.03 Å². The lowest BCUT2D eigenvalue weighted by Gasteiger charge is -2.11. The minimum atomic E-state index is -0.438. The van der Waals surface area contributed by atoms with Gasteiger partial charge >= 0.3 is 6.03 Å². The van der Waals surface area contributed by atoms with E-state index in [1.807, 2.05) is 13.8 Å². The maximum atomic E-state index is 11.9. The molecule has 1 aromatic heterocycles. The van der Waals surface area contributed by atoms with E-state index in [0.717, 1.165) is 30.2 Å². The molecular weight excluding hydrogens is 314 g/mol. The van der Waals surface area contributed by atoms with E-state index in [0.29, 0.717) is 12.0 Å². The normalized spacial score (nSPS) is 18.5. The van der Waals surface area contributed by atoms with Crippen LogP contribution in [0.4, 0.5) is 4.79 Å². The summed E-state index contributed by atoms with van der Waals surface area (Å²) in [5.74, 6) is 1.48. The third kappa shape index (κ3) is 4.25. The maximum Gasteiger partial charge on any atom is 0.321 e. The Labute approximate surface area is 140 Å². The van der Waals surface area contributed by atoms with E-state index in [1.165, 1.54) is 24.6 Å². The molecule has 8 heteroatoms. The Balaban J connectivity index is 1.52. The topological polar surface area (TPSA) is 88.9 Å². The number of aromatic nitrogens is 3. The van der Waals surface area contributed by atoms with Crippen LogP contribution in [0.1, 0.15) is 63.7 Å². The van der Waals surface area contributed by atoms with E-state index in [4.69, 9.17) is 0 Å². The molecule has 0 unspecified atom stereocenters. The number of rotatable bonds is 7. The summed E-state index contributed by atoms with van der Waals surface area (Å²) in [4.78, 5) is 23.5. The Bertz CT molecular complexity index is 595. The van der Waals surface area contributed by atoms with Gasteiger partial charge in [0.25, 0.3) is 0 Å². The summed E-state index contributed by atoms with van der Waals surface area (Å²) in [5.41, 5.74) is 0. The van der Waals surface area contributed by atoms with Gasteiger partial charge in [-0.15, -0.1) is 10.2 Å². The molecule has 1 heterocycles. The van der Waals surface area contributed by atoms with Crippen molar-refractivity contribution in [2.75, 3.05) is 5.75 Å². The quantitative estimate of drug-likeness (QED) is 0.745. The SMILES string of the molecule is CC[C@H](C)NC(=O)NC(=O)CSc1nnc(C2CC2)n1C1CC1. The zero-order chi connectivity index (χ0) is 16.4. The van der Waals surface area contributed by atoms with Crippen molar-refractivity contribution in [3.63, 3.8) is 0 Å². The lowest BCUT2D eigenvalue weighted by molar-refractivity contribution is -0.117. The standard InChI is InChI=1S/C15H23N5O2S/c1-3-9(2)16-14(22)17-12(21)8-23-15-19-18-13(10-4-5-10)20(15)11-6-7-11/h9-11H,3-8H2,1-2H3,(H2,16,17,21,22)/t9-/m0/s1. The molecule has 2 N–H and O–H groups in total. The Morgan fingerprint density at radius 2 is 2.04 bits per heavy atom. The average Bonchev–Trinajstić information content (AvgIpc) is 3.43. The number of imide groups is 1. The summed E-state index contributed by atoms with van der Waals surface area (Å²) >= 11 is 1.35. The smallest absolute Gasteiger partial charge is 0.321 e. The van der Waals surface area contributed by atoms with Crippen molar-refractivity contribution in [3.8, 4) is 0 Å². The number of urea groups is 1. The molecule has 3 rings (SSSR count). The summed E-state index contributed by atoms with van der Waals surface area (Å²) in [7, 11) is 0. The number of carbonyl (C=O) groups is 2. The number of hydrogen-bond donors (Lipinski definition) is 2. The molecule has 2 saturated carbocycles. The number of nitrogens with zero attached hydrogens (tertiary/aromatic N) is 3. The zero-order valence-electron chi connectivity index (χ0n) is 13.5. The predicted octanol–water partition coefficient (Wildman–Crippen LogP) is 2.21. The molecule has 0 aliphatic heterocycles. The van der Waals surface area contributed by atoms with Gasteiger partial charge in [0.15, 0.2) is 5.16 Å². The number of nitrogens with one attached hydrogen (secondary N) is 2.